The number of anilines is 1. The average molecular weight is 392 g/mol. The Morgan fingerprint density at radius 3 is 2.44 bits per heavy atom. The van der Waals surface area contributed by atoms with Crippen LogP contribution in [0.4, 0.5) is 18.9 Å². The van der Waals surface area contributed by atoms with Crippen LogP contribution in [0.25, 0.3) is 10.9 Å². The minimum Gasteiger partial charge on any atom is -0.350 e. The van der Waals surface area contributed by atoms with Crippen LogP contribution in [0.5, 0.6) is 0 Å². The number of alkyl halides is 3. The predicted octanol–water partition coefficient (Wildman–Crippen LogP) is 3.83. The van der Waals surface area contributed by atoms with Gasteiger partial charge in [-0.3, -0.25) is 15.6 Å². The molecule has 5 nitrogen and oxygen atoms in total. The quantitative estimate of drug-likeness (QED) is 0.458. The number of aromatic nitrogens is 1. The molecule has 0 aliphatic heterocycles. The van der Waals surface area contributed by atoms with E-state index >= 15 is 0 Å². The van der Waals surface area contributed by atoms with Gasteiger partial charge in [0.25, 0.3) is 5.91 Å². The van der Waals surface area contributed by atoms with E-state index in [1.807, 2.05) is 25.2 Å². The van der Waals surface area contributed by atoms with Crippen LogP contribution in [-0.2, 0) is 13.2 Å². The van der Waals surface area contributed by atoms with Crippen LogP contribution in [0.3, 0.4) is 0 Å². The standard InChI is InChI=1S/C18H15F3N4OS/c1-25-10-12(11-6-2-5-9-15(11)25)16(26)23-24-17(27)22-14-8-4-3-7-13(14)18(19,20)21/h2-10H,1H3,(H,23,26)(H2,22,24,27). The molecule has 0 radical (unpaired) electrons. The first kappa shape index (κ1) is 18.7. The first-order valence-corrected chi connectivity index (χ1v) is 8.26. The second kappa shape index (κ2) is 7.28. The van der Waals surface area contributed by atoms with E-state index in [0.29, 0.717) is 5.56 Å². The van der Waals surface area contributed by atoms with Gasteiger partial charge in [-0.2, -0.15) is 13.2 Å². The van der Waals surface area contributed by atoms with Crippen LogP contribution in [0.1, 0.15) is 15.9 Å². The van der Waals surface area contributed by atoms with Crippen molar-refractivity contribution in [2.75, 3.05) is 5.32 Å². The summed E-state index contributed by atoms with van der Waals surface area (Å²) < 4.78 is 40.8. The van der Waals surface area contributed by atoms with Gasteiger partial charge in [0.1, 0.15) is 0 Å². The Hall–Kier alpha value is -3.07. The number of hydrogen-bond donors (Lipinski definition) is 3. The van der Waals surface area contributed by atoms with Gasteiger partial charge in [0.2, 0.25) is 0 Å². The molecule has 1 heterocycles. The summed E-state index contributed by atoms with van der Waals surface area (Å²) in [5.74, 6) is -0.458. The third-order valence-corrected chi connectivity index (χ3v) is 4.12. The lowest BCUT2D eigenvalue weighted by molar-refractivity contribution is -0.136. The minimum atomic E-state index is -4.52. The molecule has 3 rings (SSSR count). The maximum Gasteiger partial charge on any atom is 0.418 e. The van der Waals surface area contributed by atoms with Crippen molar-refractivity contribution in [2.45, 2.75) is 6.18 Å². The molecule has 27 heavy (non-hydrogen) atoms. The van der Waals surface area contributed by atoms with E-state index < -0.39 is 17.6 Å². The zero-order chi connectivity index (χ0) is 19.6. The Balaban J connectivity index is 1.69. The third kappa shape index (κ3) is 4.03. The number of hydrazine groups is 1. The van der Waals surface area contributed by atoms with Crippen molar-refractivity contribution in [3.8, 4) is 0 Å². The Bertz CT molecular complexity index is 1010. The number of nitrogens with one attached hydrogen (secondary N) is 3. The number of nitrogens with zero attached hydrogens (tertiary/aromatic N) is 1. The highest BCUT2D eigenvalue weighted by Crippen LogP contribution is 2.34. The van der Waals surface area contributed by atoms with Crippen LogP contribution >= 0.6 is 12.2 Å². The molecule has 0 unspecified atom stereocenters. The summed E-state index contributed by atoms with van der Waals surface area (Å²) in [6.07, 6.45) is -2.86. The second-order valence-corrected chi connectivity index (χ2v) is 6.16. The number of amides is 1. The van der Waals surface area contributed by atoms with Gasteiger partial charge in [0.15, 0.2) is 5.11 Å². The van der Waals surface area contributed by atoms with E-state index in [1.165, 1.54) is 18.2 Å². The number of para-hydroxylation sites is 2. The van der Waals surface area contributed by atoms with Gasteiger partial charge >= 0.3 is 6.18 Å². The lowest BCUT2D eigenvalue weighted by Gasteiger charge is -2.16. The molecule has 0 fully saturated rings. The van der Waals surface area contributed by atoms with Crippen LogP contribution in [-0.4, -0.2) is 15.6 Å². The summed E-state index contributed by atoms with van der Waals surface area (Å²) in [6.45, 7) is 0. The van der Waals surface area contributed by atoms with E-state index in [4.69, 9.17) is 12.2 Å². The smallest absolute Gasteiger partial charge is 0.350 e. The van der Waals surface area contributed by atoms with Gasteiger partial charge < -0.3 is 9.88 Å². The molecule has 140 valence electrons. The fraction of sp³-hybridized carbons (Fsp3) is 0.111. The summed E-state index contributed by atoms with van der Waals surface area (Å²) in [5, 5.41) is 3.03. The zero-order valence-electron chi connectivity index (χ0n) is 14.1. The van der Waals surface area contributed by atoms with Crippen molar-refractivity contribution in [1.29, 1.82) is 0 Å². The van der Waals surface area contributed by atoms with Gasteiger partial charge in [-0.1, -0.05) is 30.3 Å². The Morgan fingerprint density at radius 1 is 1.04 bits per heavy atom. The number of aryl methyl sites for hydroxylation is 1. The molecule has 1 amide bonds. The lowest BCUT2D eigenvalue weighted by Crippen LogP contribution is -2.43. The van der Waals surface area contributed by atoms with Gasteiger partial charge in [-0.15, -0.1) is 0 Å². The highest BCUT2D eigenvalue weighted by Gasteiger charge is 2.33. The predicted molar refractivity (Wildman–Crippen MR) is 101 cm³/mol. The molecule has 0 saturated heterocycles. The molecule has 0 atom stereocenters. The number of carbonyl (C=O) groups is 1. The SMILES string of the molecule is Cn1cc(C(=O)NNC(=S)Nc2ccccc2C(F)(F)F)c2ccccc21. The zero-order valence-corrected chi connectivity index (χ0v) is 14.9. The summed E-state index contributed by atoms with van der Waals surface area (Å²) in [5.41, 5.74) is 5.06. The highest BCUT2D eigenvalue weighted by atomic mass is 32.1. The summed E-state index contributed by atoms with van der Waals surface area (Å²) in [6, 6.07) is 12.3. The second-order valence-electron chi connectivity index (χ2n) is 5.75. The number of rotatable bonds is 2. The van der Waals surface area contributed by atoms with E-state index in [0.717, 1.165) is 17.0 Å². The van der Waals surface area contributed by atoms with Crippen LogP contribution in [0, 0.1) is 0 Å². The van der Waals surface area contributed by atoms with Crippen LogP contribution in [0.2, 0.25) is 0 Å². The van der Waals surface area contributed by atoms with Gasteiger partial charge in [-0.25, -0.2) is 0 Å². The van der Waals surface area contributed by atoms with Crippen LogP contribution in [0.15, 0.2) is 54.7 Å². The van der Waals surface area contributed by atoms with Crippen molar-refractivity contribution in [3.05, 3.63) is 65.9 Å². The van der Waals surface area contributed by atoms with Gasteiger partial charge in [-0.05, 0) is 30.4 Å². The third-order valence-electron chi connectivity index (χ3n) is 3.91. The van der Waals surface area contributed by atoms with E-state index in [9.17, 15) is 18.0 Å². The molecule has 2 aromatic carbocycles. The molecular formula is C18H15F3N4OS. The van der Waals surface area contributed by atoms with Crippen molar-refractivity contribution < 1.29 is 18.0 Å². The summed E-state index contributed by atoms with van der Waals surface area (Å²) in [4.78, 5) is 12.4. The molecular weight excluding hydrogens is 377 g/mol. The van der Waals surface area contributed by atoms with Crippen molar-refractivity contribution in [2.24, 2.45) is 7.05 Å². The fourth-order valence-electron chi connectivity index (χ4n) is 2.70. The largest absolute Gasteiger partial charge is 0.418 e. The number of benzene rings is 2. The maximum absolute atomic E-state index is 13.0. The molecule has 0 bridgehead atoms. The molecule has 1 aromatic heterocycles. The van der Waals surface area contributed by atoms with Crippen molar-refractivity contribution >= 4 is 39.8 Å². The number of halogens is 3. The van der Waals surface area contributed by atoms with E-state index in [1.54, 1.807) is 16.8 Å². The minimum absolute atomic E-state index is 0.166. The average Bonchev–Trinajstić information content (AvgIpc) is 2.97. The molecule has 0 aliphatic rings. The summed E-state index contributed by atoms with van der Waals surface area (Å²) >= 11 is 4.98. The van der Waals surface area contributed by atoms with E-state index in [-0.39, 0.29) is 10.8 Å². The Labute approximate surface area is 158 Å². The Kier molecular flexibility index (Phi) is 5.04. The van der Waals surface area contributed by atoms with Gasteiger partial charge in [0.05, 0.1) is 16.8 Å². The molecule has 9 heteroatoms. The first-order valence-electron chi connectivity index (χ1n) is 7.85. The number of fused-ring (bicyclic) bond motifs is 1. The Morgan fingerprint density at radius 2 is 1.70 bits per heavy atom. The molecule has 3 N–H and O–H groups in total. The molecule has 3 aromatic rings. The monoisotopic (exact) mass is 392 g/mol. The fourth-order valence-corrected chi connectivity index (χ4v) is 2.86. The topological polar surface area (TPSA) is 58.1 Å². The number of thiocarbonyl (C=S) groups is 1. The van der Waals surface area contributed by atoms with E-state index in [2.05, 4.69) is 16.2 Å². The normalized spacial score (nSPS) is 11.3. The lowest BCUT2D eigenvalue weighted by atomic mass is 10.1. The molecule has 0 spiro atoms. The van der Waals surface area contributed by atoms with Gasteiger partial charge in [0, 0.05) is 24.1 Å². The van der Waals surface area contributed by atoms with Crippen molar-refractivity contribution in [1.82, 2.24) is 15.4 Å². The highest BCUT2D eigenvalue weighted by molar-refractivity contribution is 7.80. The molecule has 0 saturated carbocycles. The van der Waals surface area contributed by atoms with Crippen molar-refractivity contribution in [3.63, 3.8) is 0 Å². The number of hydrogen-bond acceptors (Lipinski definition) is 2. The van der Waals surface area contributed by atoms with Crippen LogP contribution < -0.4 is 16.2 Å². The summed E-state index contributed by atoms with van der Waals surface area (Å²) in [7, 11) is 1.81. The maximum atomic E-state index is 13.0. The molecule has 0 aliphatic carbocycles. The number of carbonyl (C=O) groups excluding carboxylic acids is 1. The first-order chi connectivity index (χ1) is 12.8.